The molecule has 24 heavy (non-hydrogen) atoms. The quantitative estimate of drug-likeness (QED) is 0.719. The van der Waals surface area contributed by atoms with Gasteiger partial charge in [-0.05, 0) is 48.4 Å². The maximum atomic E-state index is 12.5. The first-order valence-electron chi connectivity index (χ1n) is 7.63. The zero-order chi connectivity index (χ0) is 17.2. The molecule has 0 saturated heterocycles. The summed E-state index contributed by atoms with van der Waals surface area (Å²) in [6.45, 7) is 2.10. The van der Waals surface area contributed by atoms with Gasteiger partial charge in [-0.1, -0.05) is 25.5 Å². The summed E-state index contributed by atoms with van der Waals surface area (Å²) in [5, 5.41) is 0.552. The monoisotopic (exact) mass is 343 g/mol. The molecule has 0 atom stereocenters. The van der Waals surface area contributed by atoms with Crippen molar-refractivity contribution in [1.82, 2.24) is 0 Å². The Labute approximate surface area is 140 Å². The van der Waals surface area contributed by atoms with Crippen molar-refractivity contribution in [2.75, 3.05) is 4.72 Å². The Morgan fingerprint density at radius 3 is 2.46 bits per heavy atom. The second-order valence-corrected chi connectivity index (χ2v) is 7.19. The minimum atomic E-state index is -3.71. The summed E-state index contributed by atoms with van der Waals surface area (Å²) < 4.78 is 32.6. The Balaban J connectivity index is 1.89. The minimum Gasteiger partial charge on any atom is -0.423 e. The van der Waals surface area contributed by atoms with Crippen molar-refractivity contribution < 1.29 is 12.8 Å². The topological polar surface area (TPSA) is 76.4 Å². The number of hydrogen-bond donors (Lipinski definition) is 1. The van der Waals surface area contributed by atoms with Gasteiger partial charge in [0, 0.05) is 17.1 Å². The SMILES string of the molecule is CCCc1ccc(NS(=O)(=O)c2ccc3oc(=O)ccc3c2)cc1. The van der Waals surface area contributed by atoms with E-state index in [1.807, 2.05) is 12.1 Å². The lowest BCUT2D eigenvalue weighted by Crippen LogP contribution is -2.13. The van der Waals surface area contributed by atoms with E-state index in [0.29, 0.717) is 16.7 Å². The predicted molar refractivity (Wildman–Crippen MR) is 93.7 cm³/mol. The van der Waals surface area contributed by atoms with Crippen molar-refractivity contribution in [3.05, 3.63) is 70.6 Å². The van der Waals surface area contributed by atoms with E-state index in [9.17, 15) is 13.2 Å². The van der Waals surface area contributed by atoms with Crippen LogP contribution in [0, 0.1) is 0 Å². The summed E-state index contributed by atoms with van der Waals surface area (Å²) in [6.07, 6.45) is 2.00. The summed E-state index contributed by atoms with van der Waals surface area (Å²) in [7, 11) is -3.71. The highest BCUT2D eigenvalue weighted by Crippen LogP contribution is 2.21. The van der Waals surface area contributed by atoms with Gasteiger partial charge in [-0.3, -0.25) is 4.72 Å². The normalized spacial score (nSPS) is 11.5. The number of hydrogen-bond acceptors (Lipinski definition) is 4. The molecular weight excluding hydrogens is 326 g/mol. The van der Waals surface area contributed by atoms with Gasteiger partial charge in [0.05, 0.1) is 4.90 Å². The molecule has 0 unspecified atom stereocenters. The second kappa shape index (κ2) is 6.49. The molecule has 0 saturated carbocycles. The lowest BCUT2D eigenvalue weighted by atomic mass is 10.1. The van der Waals surface area contributed by atoms with Crippen molar-refractivity contribution in [3.8, 4) is 0 Å². The van der Waals surface area contributed by atoms with E-state index >= 15 is 0 Å². The van der Waals surface area contributed by atoms with Gasteiger partial charge in [0.25, 0.3) is 10.0 Å². The number of nitrogens with one attached hydrogen (secondary N) is 1. The molecule has 0 amide bonds. The fraction of sp³-hybridized carbons (Fsp3) is 0.167. The maximum Gasteiger partial charge on any atom is 0.336 e. The van der Waals surface area contributed by atoms with Gasteiger partial charge in [0.15, 0.2) is 0 Å². The van der Waals surface area contributed by atoms with E-state index in [4.69, 9.17) is 4.42 Å². The Morgan fingerprint density at radius 1 is 1.00 bits per heavy atom. The van der Waals surface area contributed by atoms with E-state index in [1.54, 1.807) is 18.2 Å². The van der Waals surface area contributed by atoms with Crippen LogP contribution in [0.5, 0.6) is 0 Å². The summed E-state index contributed by atoms with van der Waals surface area (Å²) in [5.74, 6) is 0. The highest BCUT2D eigenvalue weighted by atomic mass is 32.2. The summed E-state index contributed by atoms with van der Waals surface area (Å²) in [4.78, 5) is 11.3. The van der Waals surface area contributed by atoms with Crippen LogP contribution in [0.1, 0.15) is 18.9 Å². The average Bonchev–Trinajstić information content (AvgIpc) is 2.56. The average molecular weight is 343 g/mol. The second-order valence-electron chi connectivity index (χ2n) is 5.51. The summed E-state index contributed by atoms with van der Waals surface area (Å²) in [6, 6.07) is 14.5. The molecule has 3 aromatic rings. The maximum absolute atomic E-state index is 12.5. The smallest absolute Gasteiger partial charge is 0.336 e. The van der Waals surface area contributed by atoms with Crippen molar-refractivity contribution in [2.24, 2.45) is 0 Å². The summed E-state index contributed by atoms with van der Waals surface area (Å²) >= 11 is 0. The number of fused-ring (bicyclic) bond motifs is 1. The van der Waals surface area contributed by atoms with Crippen LogP contribution >= 0.6 is 0 Å². The predicted octanol–water partition coefficient (Wildman–Crippen LogP) is 3.55. The first kappa shape index (κ1) is 16.3. The van der Waals surface area contributed by atoms with Gasteiger partial charge in [0.2, 0.25) is 0 Å². The largest absolute Gasteiger partial charge is 0.423 e. The van der Waals surface area contributed by atoms with Gasteiger partial charge in [-0.15, -0.1) is 0 Å². The molecule has 1 N–H and O–H groups in total. The highest BCUT2D eigenvalue weighted by molar-refractivity contribution is 7.92. The Morgan fingerprint density at radius 2 is 1.75 bits per heavy atom. The van der Waals surface area contributed by atoms with Crippen molar-refractivity contribution in [2.45, 2.75) is 24.7 Å². The molecule has 0 aliphatic rings. The van der Waals surface area contributed by atoms with E-state index in [0.717, 1.165) is 12.8 Å². The molecule has 2 aromatic carbocycles. The molecule has 0 aliphatic heterocycles. The van der Waals surface area contributed by atoms with E-state index in [2.05, 4.69) is 11.6 Å². The number of anilines is 1. The molecular formula is C18H17NO4S. The Hall–Kier alpha value is -2.60. The zero-order valence-electron chi connectivity index (χ0n) is 13.2. The third kappa shape index (κ3) is 3.49. The Kier molecular flexibility index (Phi) is 4.40. The van der Waals surface area contributed by atoms with Crippen molar-refractivity contribution in [1.29, 1.82) is 0 Å². The fourth-order valence-corrected chi connectivity index (χ4v) is 3.55. The van der Waals surface area contributed by atoms with Crippen LogP contribution in [0.3, 0.4) is 0 Å². The van der Waals surface area contributed by atoms with E-state index in [1.165, 1.54) is 29.8 Å². The van der Waals surface area contributed by atoms with Gasteiger partial charge in [0.1, 0.15) is 5.58 Å². The van der Waals surface area contributed by atoms with Crippen molar-refractivity contribution >= 4 is 26.7 Å². The van der Waals surface area contributed by atoms with E-state index < -0.39 is 15.6 Å². The third-order valence-corrected chi connectivity index (χ3v) is 5.02. The van der Waals surface area contributed by atoms with Crippen LogP contribution in [0.2, 0.25) is 0 Å². The molecule has 0 aliphatic carbocycles. The summed E-state index contributed by atoms with van der Waals surface area (Å²) in [5.41, 5.74) is 1.56. The van der Waals surface area contributed by atoms with Crippen LogP contribution in [-0.4, -0.2) is 8.42 Å². The minimum absolute atomic E-state index is 0.112. The van der Waals surface area contributed by atoms with Crippen LogP contribution in [-0.2, 0) is 16.4 Å². The van der Waals surface area contributed by atoms with Crippen LogP contribution in [0.25, 0.3) is 11.0 Å². The van der Waals surface area contributed by atoms with Crippen LogP contribution in [0.15, 0.2) is 68.7 Å². The molecule has 1 heterocycles. The van der Waals surface area contributed by atoms with Gasteiger partial charge < -0.3 is 4.42 Å². The molecule has 1 aromatic heterocycles. The number of sulfonamides is 1. The number of rotatable bonds is 5. The van der Waals surface area contributed by atoms with Gasteiger partial charge in [-0.25, -0.2) is 13.2 Å². The highest BCUT2D eigenvalue weighted by Gasteiger charge is 2.15. The first-order chi connectivity index (χ1) is 11.5. The molecule has 124 valence electrons. The standard InChI is InChI=1S/C18H17NO4S/c1-2-3-13-4-7-15(8-5-13)19-24(21,22)16-9-10-17-14(12-16)6-11-18(20)23-17/h4-12,19H,2-3H2,1H3. The van der Waals surface area contributed by atoms with E-state index in [-0.39, 0.29) is 4.90 Å². The van der Waals surface area contributed by atoms with Crippen LogP contribution < -0.4 is 10.3 Å². The first-order valence-corrected chi connectivity index (χ1v) is 9.12. The third-order valence-electron chi connectivity index (χ3n) is 3.65. The molecule has 0 radical (unpaired) electrons. The molecule has 0 bridgehead atoms. The molecule has 6 heteroatoms. The van der Waals surface area contributed by atoms with Crippen LogP contribution in [0.4, 0.5) is 5.69 Å². The lowest BCUT2D eigenvalue weighted by molar-refractivity contribution is 0.560. The number of aryl methyl sites for hydroxylation is 1. The lowest BCUT2D eigenvalue weighted by Gasteiger charge is -2.09. The number of benzene rings is 2. The molecule has 0 fully saturated rings. The Bertz CT molecular complexity index is 1020. The van der Waals surface area contributed by atoms with Gasteiger partial charge >= 0.3 is 5.63 Å². The molecule has 5 nitrogen and oxygen atoms in total. The molecule has 3 rings (SSSR count). The van der Waals surface area contributed by atoms with Crippen molar-refractivity contribution in [3.63, 3.8) is 0 Å². The molecule has 0 spiro atoms. The van der Waals surface area contributed by atoms with Gasteiger partial charge in [-0.2, -0.15) is 0 Å². The fourth-order valence-electron chi connectivity index (χ4n) is 2.46. The zero-order valence-corrected chi connectivity index (χ0v) is 14.0.